The van der Waals surface area contributed by atoms with Crippen molar-refractivity contribution >= 4 is 26.7 Å². The van der Waals surface area contributed by atoms with Crippen molar-refractivity contribution in [2.75, 3.05) is 0 Å². The van der Waals surface area contributed by atoms with Crippen LogP contribution in [-0.2, 0) is 0 Å². The Bertz CT molecular complexity index is 429. The summed E-state index contributed by atoms with van der Waals surface area (Å²) in [6, 6.07) is 15.0. The first-order valence-electron chi connectivity index (χ1n) is 4.94. The maximum atomic E-state index is 3.71. The molecule has 2 rings (SSSR count). The maximum Gasteiger partial charge on any atom is 0.0398 e. The average molecular weight is 249 g/mol. The van der Waals surface area contributed by atoms with Crippen molar-refractivity contribution in [3.8, 4) is 0 Å². The number of alkyl halides is 1. The molecule has 1 heteroatoms. The zero-order chi connectivity index (χ0) is 9.97. The van der Waals surface area contributed by atoms with Crippen LogP contribution in [0, 0.1) is 0 Å². The van der Waals surface area contributed by atoms with Gasteiger partial charge in [0, 0.05) is 4.83 Å². The monoisotopic (exact) mass is 248 g/mol. The van der Waals surface area contributed by atoms with Crippen molar-refractivity contribution in [2.45, 2.75) is 18.2 Å². The molecule has 0 saturated heterocycles. The molecular formula is C13H13Br. The minimum absolute atomic E-state index is 0.466. The van der Waals surface area contributed by atoms with Gasteiger partial charge in [-0.05, 0) is 22.8 Å². The van der Waals surface area contributed by atoms with Crippen molar-refractivity contribution in [1.29, 1.82) is 0 Å². The zero-order valence-electron chi connectivity index (χ0n) is 8.20. The molecule has 0 saturated carbocycles. The second kappa shape index (κ2) is 4.14. The molecule has 1 atom stereocenters. The van der Waals surface area contributed by atoms with Gasteiger partial charge in [0.2, 0.25) is 0 Å². The smallest absolute Gasteiger partial charge is 0.0398 e. The van der Waals surface area contributed by atoms with Crippen LogP contribution in [0.15, 0.2) is 42.5 Å². The van der Waals surface area contributed by atoms with Gasteiger partial charge in [-0.3, -0.25) is 0 Å². The summed E-state index contributed by atoms with van der Waals surface area (Å²) >= 11 is 3.71. The Kier molecular flexibility index (Phi) is 2.87. The minimum atomic E-state index is 0.466. The third kappa shape index (κ3) is 1.69. The minimum Gasteiger partial charge on any atom is -0.0839 e. The Morgan fingerprint density at radius 1 is 1.07 bits per heavy atom. The van der Waals surface area contributed by atoms with Crippen LogP contribution < -0.4 is 0 Å². The quantitative estimate of drug-likeness (QED) is 0.677. The molecule has 0 spiro atoms. The molecule has 14 heavy (non-hydrogen) atoms. The van der Waals surface area contributed by atoms with E-state index in [1.807, 2.05) is 0 Å². The molecular weight excluding hydrogens is 236 g/mol. The zero-order valence-corrected chi connectivity index (χ0v) is 9.79. The van der Waals surface area contributed by atoms with Gasteiger partial charge in [0.05, 0.1) is 0 Å². The maximum absolute atomic E-state index is 3.71. The van der Waals surface area contributed by atoms with Crippen LogP contribution in [0.2, 0.25) is 0 Å². The Morgan fingerprint density at radius 3 is 2.57 bits per heavy atom. The highest BCUT2D eigenvalue weighted by Gasteiger charge is 2.07. The summed E-state index contributed by atoms with van der Waals surface area (Å²) in [6.45, 7) is 2.20. The Balaban J connectivity index is 2.65. The van der Waals surface area contributed by atoms with E-state index in [0.717, 1.165) is 6.42 Å². The number of rotatable bonds is 2. The molecule has 2 aromatic rings. The van der Waals surface area contributed by atoms with Crippen molar-refractivity contribution in [3.63, 3.8) is 0 Å². The molecule has 0 amide bonds. The summed E-state index contributed by atoms with van der Waals surface area (Å²) < 4.78 is 0. The van der Waals surface area contributed by atoms with Gasteiger partial charge in [-0.2, -0.15) is 0 Å². The molecule has 0 heterocycles. The Hall–Kier alpha value is -0.820. The first-order valence-corrected chi connectivity index (χ1v) is 5.86. The van der Waals surface area contributed by atoms with Gasteiger partial charge in [-0.25, -0.2) is 0 Å². The van der Waals surface area contributed by atoms with Crippen molar-refractivity contribution < 1.29 is 0 Å². The van der Waals surface area contributed by atoms with Crippen LogP contribution in [0.25, 0.3) is 10.8 Å². The molecule has 0 radical (unpaired) electrons. The van der Waals surface area contributed by atoms with Crippen molar-refractivity contribution in [1.82, 2.24) is 0 Å². The SMILES string of the molecule is CCC(Br)c1cccc2ccccc12. The average Bonchev–Trinajstić information content (AvgIpc) is 2.27. The summed E-state index contributed by atoms with van der Waals surface area (Å²) in [5, 5.41) is 2.68. The molecule has 0 N–H and O–H groups in total. The van der Waals surface area contributed by atoms with Crippen molar-refractivity contribution in [2.24, 2.45) is 0 Å². The van der Waals surface area contributed by atoms with E-state index < -0.39 is 0 Å². The fraction of sp³-hybridized carbons (Fsp3) is 0.231. The third-order valence-electron chi connectivity index (χ3n) is 2.52. The molecule has 0 aliphatic rings. The summed E-state index contributed by atoms with van der Waals surface area (Å²) in [6.07, 6.45) is 1.12. The molecule has 0 fully saturated rings. The summed E-state index contributed by atoms with van der Waals surface area (Å²) in [5.41, 5.74) is 1.39. The number of fused-ring (bicyclic) bond motifs is 1. The molecule has 2 aromatic carbocycles. The van der Waals surface area contributed by atoms with E-state index in [-0.39, 0.29) is 0 Å². The molecule has 0 aromatic heterocycles. The van der Waals surface area contributed by atoms with Crippen LogP contribution in [0.1, 0.15) is 23.7 Å². The summed E-state index contributed by atoms with van der Waals surface area (Å²) in [4.78, 5) is 0.466. The Morgan fingerprint density at radius 2 is 1.79 bits per heavy atom. The van der Waals surface area contributed by atoms with E-state index in [0.29, 0.717) is 4.83 Å². The Labute approximate surface area is 93.1 Å². The van der Waals surface area contributed by atoms with Crippen LogP contribution in [0.5, 0.6) is 0 Å². The fourth-order valence-electron chi connectivity index (χ4n) is 1.74. The summed E-state index contributed by atoms with van der Waals surface area (Å²) in [7, 11) is 0. The van der Waals surface area contributed by atoms with Crippen molar-refractivity contribution in [3.05, 3.63) is 48.0 Å². The lowest BCUT2D eigenvalue weighted by atomic mass is 10.0. The topological polar surface area (TPSA) is 0 Å². The first-order chi connectivity index (χ1) is 6.83. The van der Waals surface area contributed by atoms with Gasteiger partial charge in [0.25, 0.3) is 0 Å². The summed E-state index contributed by atoms with van der Waals surface area (Å²) in [5.74, 6) is 0. The second-order valence-corrected chi connectivity index (χ2v) is 4.55. The van der Waals surface area contributed by atoms with Gasteiger partial charge >= 0.3 is 0 Å². The largest absolute Gasteiger partial charge is 0.0839 e. The van der Waals surface area contributed by atoms with E-state index in [2.05, 4.69) is 65.3 Å². The fourth-order valence-corrected chi connectivity index (χ4v) is 2.14. The standard InChI is InChI=1S/C13H13Br/c1-2-13(14)12-9-5-7-10-6-3-4-8-11(10)12/h3-9,13H,2H2,1H3. The second-order valence-electron chi connectivity index (χ2n) is 3.44. The van der Waals surface area contributed by atoms with Gasteiger partial charge in [0.1, 0.15) is 0 Å². The van der Waals surface area contributed by atoms with Gasteiger partial charge in [-0.1, -0.05) is 65.3 Å². The van der Waals surface area contributed by atoms with Crippen LogP contribution in [-0.4, -0.2) is 0 Å². The van der Waals surface area contributed by atoms with Gasteiger partial charge in [-0.15, -0.1) is 0 Å². The molecule has 0 aliphatic heterocycles. The van der Waals surface area contributed by atoms with E-state index in [9.17, 15) is 0 Å². The molecule has 0 nitrogen and oxygen atoms in total. The molecule has 72 valence electrons. The van der Waals surface area contributed by atoms with Crippen LogP contribution in [0.4, 0.5) is 0 Å². The van der Waals surface area contributed by atoms with E-state index >= 15 is 0 Å². The van der Waals surface area contributed by atoms with E-state index in [4.69, 9.17) is 0 Å². The van der Waals surface area contributed by atoms with E-state index in [1.54, 1.807) is 0 Å². The van der Waals surface area contributed by atoms with E-state index in [1.165, 1.54) is 16.3 Å². The number of hydrogen-bond donors (Lipinski definition) is 0. The lowest BCUT2D eigenvalue weighted by molar-refractivity contribution is 0.919. The predicted molar refractivity (Wildman–Crippen MR) is 65.9 cm³/mol. The number of benzene rings is 2. The normalized spacial score (nSPS) is 13.0. The lowest BCUT2D eigenvalue weighted by Crippen LogP contribution is -1.88. The molecule has 0 aliphatic carbocycles. The first kappa shape index (κ1) is 9.72. The lowest BCUT2D eigenvalue weighted by Gasteiger charge is -2.10. The van der Waals surface area contributed by atoms with Crippen LogP contribution in [0.3, 0.4) is 0 Å². The number of halogens is 1. The van der Waals surface area contributed by atoms with Gasteiger partial charge < -0.3 is 0 Å². The predicted octanol–water partition coefficient (Wildman–Crippen LogP) is 4.69. The highest BCUT2D eigenvalue weighted by Crippen LogP contribution is 2.31. The highest BCUT2D eigenvalue weighted by atomic mass is 79.9. The molecule has 1 unspecified atom stereocenters. The third-order valence-corrected chi connectivity index (χ3v) is 3.66. The van der Waals surface area contributed by atoms with Crippen LogP contribution >= 0.6 is 15.9 Å². The molecule has 0 bridgehead atoms. The number of hydrogen-bond acceptors (Lipinski definition) is 0. The van der Waals surface area contributed by atoms with Gasteiger partial charge in [0.15, 0.2) is 0 Å². The highest BCUT2D eigenvalue weighted by molar-refractivity contribution is 9.09.